The molecule has 1 aromatic heterocycles. The Morgan fingerprint density at radius 3 is 2.67 bits per heavy atom. The molecule has 0 atom stereocenters. The third-order valence-corrected chi connectivity index (χ3v) is 6.79. The van der Waals surface area contributed by atoms with Crippen LogP contribution in [-0.4, -0.2) is 41.8 Å². The molecule has 0 amide bonds. The Bertz CT molecular complexity index is 817. The molecule has 0 saturated carbocycles. The van der Waals surface area contributed by atoms with Gasteiger partial charge in [0.2, 0.25) is 15.9 Å². The lowest BCUT2D eigenvalue weighted by Gasteiger charge is -2.18. The number of halogens is 1. The second kappa shape index (κ2) is 8.28. The topological polar surface area (TPSA) is 76.3 Å². The molecule has 0 fully saturated rings. The Labute approximate surface area is 154 Å². The molecule has 2 rings (SSSR count). The summed E-state index contributed by atoms with van der Waals surface area (Å²) >= 11 is 4.62. The normalized spacial score (nSPS) is 11.8. The van der Waals surface area contributed by atoms with Gasteiger partial charge in [0.1, 0.15) is 0 Å². The first-order valence-electron chi connectivity index (χ1n) is 7.28. The van der Waals surface area contributed by atoms with Gasteiger partial charge in [0.05, 0.1) is 4.90 Å². The maximum Gasteiger partial charge on any atom is 0.277 e. The van der Waals surface area contributed by atoms with Crippen molar-refractivity contribution in [1.82, 2.24) is 14.5 Å². The largest absolute Gasteiger partial charge is 0.411 e. The molecule has 0 aliphatic rings. The van der Waals surface area contributed by atoms with E-state index in [0.29, 0.717) is 29.6 Å². The Hall–Kier alpha value is -1.16. The zero-order chi connectivity index (χ0) is 17.7. The van der Waals surface area contributed by atoms with Gasteiger partial charge in [-0.15, -0.1) is 10.2 Å². The van der Waals surface area contributed by atoms with Crippen molar-refractivity contribution in [3.63, 3.8) is 0 Å². The molecule has 6 nitrogen and oxygen atoms in total. The molecular formula is C15H18BrN3O3S2. The van der Waals surface area contributed by atoms with Crippen molar-refractivity contribution < 1.29 is 12.8 Å². The molecule has 1 aromatic carbocycles. The van der Waals surface area contributed by atoms with Gasteiger partial charge in [-0.25, -0.2) is 8.42 Å². The summed E-state index contributed by atoms with van der Waals surface area (Å²) in [4.78, 5) is 0.213. The number of hydrogen-bond acceptors (Lipinski definition) is 6. The molecule has 0 radical (unpaired) electrons. The monoisotopic (exact) mass is 431 g/mol. The van der Waals surface area contributed by atoms with Crippen LogP contribution in [0.15, 0.2) is 49.9 Å². The number of sulfonamides is 1. The van der Waals surface area contributed by atoms with E-state index in [1.54, 1.807) is 24.3 Å². The van der Waals surface area contributed by atoms with Gasteiger partial charge in [-0.1, -0.05) is 54.2 Å². The SMILES string of the molecule is C=C(Br)CSc1nnc(-c2cccc(S(=O)(=O)N(CC)CC)c2)o1. The van der Waals surface area contributed by atoms with Crippen molar-refractivity contribution in [2.24, 2.45) is 0 Å². The predicted octanol–water partition coefficient (Wildman–Crippen LogP) is 3.77. The summed E-state index contributed by atoms with van der Waals surface area (Å²) in [6, 6.07) is 6.53. The van der Waals surface area contributed by atoms with E-state index in [4.69, 9.17) is 4.42 Å². The van der Waals surface area contributed by atoms with Gasteiger partial charge in [-0.2, -0.15) is 4.31 Å². The molecular weight excluding hydrogens is 414 g/mol. The van der Waals surface area contributed by atoms with Crippen LogP contribution >= 0.6 is 27.7 Å². The van der Waals surface area contributed by atoms with Crippen molar-refractivity contribution in [1.29, 1.82) is 0 Å². The average molecular weight is 432 g/mol. The van der Waals surface area contributed by atoms with Crippen LogP contribution in [0.1, 0.15) is 13.8 Å². The predicted molar refractivity (Wildman–Crippen MR) is 98.6 cm³/mol. The third-order valence-electron chi connectivity index (χ3n) is 3.18. The van der Waals surface area contributed by atoms with Crippen LogP contribution in [-0.2, 0) is 10.0 Å². The van der Waals surface area contributed by atoms with Crippen molar-refractivity contribution in [2.75, 3.05) is 18.8 Å². The first-order valence-corrected chi connectivity index (χ1v) is 10.5. The van der Waals surface area contributed by atoms with Crippen molar-refractivity contribution in [3.05, 3.63) is 35.3 Å². The summed E-state index contributed by atoms with van der Waals surface area (Å²) < 4.78 is 33.0. The Morgan fingerprint density at radius 2 is 2.04 bits per heavy atom. The van der Waals surface area contributed by atoms with E-state index in [-0.39, 0.29) is 10.8 Å². The molecule has 1 heterocycles. The summed E-state index contributed by atoms with van der Waals surface area (Å²) in [6.45, 7) is 8.20. The van der Waals surface area contributed by atoms with Crippen LogP contribution in [0, 0.1) is 0 Å². The molecule has 2 aromatic rings. The minimum absolute atomic E-state index is 0.213. The Balaban J connectivity index is 2.29. The molecule has 0 saturated heterocycles. The van der Waals surface area contributed by atoms with Crippen molar-refractivity contribution in [3.8, 4) is 11.5 Å². The Kier molecular flexibility index (Phi) is 6.62. The molecule has 0 aliphatic heterocycles. The van der Waals surface area contributed by atoms with E-state index in [0.717, 1.165) is 4.48 Å². The van der Waals surface area contributed by atoms with E-state index in [1.165, 1.54) is 16.1 Å². The van der Waals surface area contributed by atoms with Gasteiger partial charge in [-0.05, 0) is 22.7 Å². The first kappa shape index (κ1) is 19.2. The van der Waals surface area contributed by atoms with Crippen LogP contribution in [0.3, 0.4) is 0 Å². The van der Waals surface area contributed by atoms with Gasteiger partial charge >= 0.3 is 0 Å². The Morgan fingerprint density at radius 1 is 1.33 bits per heavy atom. The van der Waals surface area contributed by atoms with E-state index < -0.39 is 10.0 Å². The minimum Gasteiger partial charge on any atom is -0.411 e. The first-order chi connectivity index (χ1) is 11.4. The summed E-state index contributed by atoms with van der Waals surface area (Å²) in [5, 5.41) is 8.34. The smallest absolute Gasteiger partial charge is 0.277 e. The number of nitrogens with zero attached hydrogens (tertiary/aromatic N) is 3. The average Bonchev–Trinajstić information content (AvgIpc) is 3.03. The van der Waals surface area contributed by atoms with Gasteiger partial charge in [0.25, 0.3) is 5.22 Å². The maximum atomic E-state index is 12.6. The number of benzene rings is 1. The van der Waals surface area contributed by atoms with Crippen LogP contribution in [0.2, 0.25) is 0 Å². The summed E-state index contributed by atoms with van der Waals surface area (Å²) in [5.41, 5.74) is 0.570. The summed E-state index contributed by atoms with van der Waals surface area (Å²) in [6.07, 6.45) is 0. The number of rotatable bonds is 8. The molecule has 130 valence electrons. The second-order valence-corrected chi connectivity index (χ2v) is 8.78. The highest BCUT2D eigenvalue weighted by molar-refractivity contribution is 9.11. The quantitative estimate of drug-likeness (QED) is 0.592. The molecule has 24 heavy (non-hydrogen) atoms. The lowest BCUT2D eigenvalue weighted by Crippen LogP contribution is -2.30. The van der Waals surface area contributed by atoms with E-state index in [2.05, 4.69) is 32.7 Å². The zero-order valence-corrected chi connectivity index (χ0v) is 16.6. The van der Waals surface area contributed by atoms with Crippen LogP contribution < -0.4 is 0 Å². The number of aromatic nitrogens is 2. The fourth-order valence-corrected chi connectivity index (χ4v) is 4.39. The second-order valence-electron chi connectivity index (χ2n) is 4.80. The van der Waals surface area contributed by atoms with Gasteiger partial charge in [0.15, 0.2) is 0 Å². The van der Waals surface area contributed by atoms with Crippen LogP contribution in [0.4, 0.5) is 0 Å². The fourth-order valence-electron chi connectivity index (χ4n) is 2.03. The molecule has 0 bridgehead atoms. The number of hydrogen-bond donors (Lipinski definition) is 0. The zero-order valence-electron chi connectivity index (χ0n) is 13.4. The highest BCUT2D eigenvalue weighted by atomic mass is 79.9. The van der Waals surface area contributed by atoms with Crippen LogP contribution in [0.5, 0.6) is 0 Å². The van der Waals surface area contributed by atoms with E-state index in [1.807, 2.05) is 13.8 Å². The lowest BCUT2D eigenvalue weighted by molar-refractivity contribution is 0.445. The number of thioether (sulfide) groups is 1. The van der Waals surface area contributed by atoms with Gasteiger partial charge < -0.3 is 4.42 Å². The third kappa shape index (κ3) is 4.47. The molecule has 0 aliphatic carbocycles. The van der Waals surface area contributed by atoms with Gasteiger partial charge in [0, 0.05) is 24.4 Å². The summed E-state index contributed by atoms with van der Waals surface area (Å²) in [7, 11) is -3.53. The van der Waals surface area contributed by atoms with Crippen molar-refractivity contribution >= 4 is 37.7 Å². The fraction of sp³-hybridized carbons (Fsp3) is 0.333. The summed E-state index contributed by atoms with van der Waals surface area (Å²) in [5.74, 6) is 0.896. The van der Waals surface area contributed by atoms with Crippen molar-refractivity contribution in [2.45, 2.75) is 24.0 Å². The van der Waals surface area contributed by atoms with Crippen LogP contribution in [0.25, 0.3) is 11.5 Å². The molecule has 0 spiro atoms. The molecule has 0 unspecified atom stereocenters. The highest BCUT2D eigenvalue weighted by Crippen LogP contribution is 2.27. The van der Waals surface area contributed by atoms with Gasteiger partial charge in [-0.3, -0.25) is 0 Å². The minimum atomic E-state index is -3.53. The van der Waals surface area contributed by atoms with E-state index >= 15 is 0 Å². The highest BCUT2D eigenvalue weighted by Gasteiger charge is 2.22. The molecule has 9 heteroatoms. The standard InChI is InChI=1S/C15H18BrN3O3S2/c1-4-19(5-2)24(20,21)13-8-6-7-12(9-13)14-17-18-15(22-14)23-10-11(3)16/h6-9H,3-5,10H2,1-2H3. The maximum absolute atomic E-state index is 12.6. The lowest BCUT2D eigenvalue weighted by atomic mass is 10.2. The molecule has 0 N–H and O–H groups in total. The van der Waals surface area contributed by atoms with E-state index in [9.17, 15) is 8.42 Å².